The monoisotopic (exact) mass is 374 g/mol. The number of carbonyl (C=O) groups excluding carboxylic acids is 1. The van der Waals surface area contributed by atoms with E-state index in [1.165, 1.54) is 5.56 Å². The summed E-state index contributed by atoms with van der Waals surface area (Å²) in [5.74, 6) is 0.483. The van der Waals surface area contributed by atoms with E-state index in [9.17, 15) is 4.79 Å². The van der Waals surface area contributed by atoms with E-state index in [4.69, 9.17) is 5.73 Å². The van der Waals surface area contributed by atoms with E-state index in [0.29, 0.717) is 17.8 Å². The van der Waals surface area contributed by atoms with Crippen molar-refractivity contribution in [3.8, 4) is 11.1 Å². The van der Waals surface area contributed by atoms with Crippen molar-refractivity contribution < 1.29 is 4.79 Å². The van der Waals surface area contributed by atoms with E-state index in [1.54, 1.807) is 4.90 Å². The fourth-order valence-corrected chi connectivity index (χ4v) is 3.17. The average Bonchev–Trinajstić information content (AvgIpc) is 2.67. The number of hydrogen-bond acceptors (Lipinski definition) is 4. The smallest absolute Gasteiger partial charge is 0.253 e. The highest BCUT2D eigenvalue weighted by molar-refractivity contribution is 5.95. The van der Waals surface area contributed by atoms with Gasteiger partial charge in [-0.3, -0.25) is 9.78 Å². The van der Waals surface area contributed by atoms with Crippen molar-refractivity contribution in [3.05, 3.63) is 77.2 Å². The molecule has 144 valence electrons. The Balaban J connectivity index is 1.73. The SMILES string of the molecule is Cc1ccnc(C[C@@H](C)N(C)C(=O)c2ccc(-c3ccc(C)nc3N)cc2)c1. The van der Waals surface area contributed by atoms with Crippen LogP contribution in [0.15, 0.2) is 54.7 Å². The fraction of sp³-hybridized carbons (Fsp3) is 0.261. The van der Waals surface area contributed by atoms with Crippen LogP contribution in [0.1, 0.15) is 34.2 Å². The minimum atomic E-state index is -0.0123. The second-order valence-electron chi connectivity index (χ2n) is 7.26. The maximum atomic E-state index is 12.9. The third-order valence-corrected chi connectivity index (χ3v) is 4.96. The lowest BCUT2D eigenvalue weighted by molar-refractivity contribution is 0.0743. The summed E-state index contributed by atoms with van der Waals surface area (Å²) in [5, 5.41) is 0. The maximum Gasteiger partial charge on any atom is 0.253 e. The summed E-state index contributed by atoms with van der Waals surface area (Å²) in [6.07, 6.45) is 2.52. The first-order valence-electron chi connectivity index (χ1n) is 9.37. The lowest BCUT2D eigenvalue weighted by Gasteiger charge is -2.25. The molecule has 3 rings (SSSR count). The minimum Gasteiger partial charge on any atom is -0.383 e. The zero-order valence-corrected chi connectivity index (χ0v) is 16.8. The van der Waals surface area contributed by atoms with Gasteiger partial charge >= 0.3 is 0 Å². The Hall–Kier alpha value is -3.21. The largest absolute Gasteiger partial charge is 0.383 e. The Bertz CT molecular complexity index is 982. The summed E-state index contributed by atoms with van der Waals surface area (Å²) < 4.78 is 0. The summed E-state index contributed by atoms with van der Waals surface area (Å²) in [5.41, 5.74) is 11.5. The molecule has 5 heteroatoms. The highest BCUT2D eigenvalue weighted by Crippen LogP contribution is 2.25. The Morgan fingerprint density at radius 3 is 2.46 bits per heavy atom. The third-order valence-electron chi connectivity index (χ3n) is 4.96. The summed E-state index contributed by atoms with van der Waals surface area (Å²) in [6, 6.07) is 15.5. The van der Waals surface area contributed by atoms with Gasteiger partial charge in [0, 0.05) is 48.2 Å². The number of aryl methyl sites for hydroxylation is 2. The molecule has 0 aliphatic carbocycles. The number of nitrogens with two attached hydrogens (primary N) is 1. The molecule has 0 spiro atoms. The summed E-state index contributed by atoms with van der Waals surface area (Å²) >= 11 is 0. The highest BCUT2D eigenvalue weighted by atomic mass is 16.2. The van der Waals surface area contributed by atoms with Gasteiger partial charge in [-0.1, -0.05) is 12.1 Å². The van der Waals surface area contributed by atoms with Gasteiger partial charge in [0.1, 0.15) is 5.82 Å². The fourth-order valence-electron chi connectivity index (χ4n) is 3.17. The number of amides is 1. The Morgan fingerprint density at radius 1 is 1.11 bits per heavy atom. The van der Waals surface area contributed by atoms with Gasteiger partial charge < -0.3 is 10.6 Å². The van der Waals surface area contributed by atoms with Gasteiger partial charge in [-0.2, -0.15) is 0 Å². The predicted octanol–water partition coefficient (Wildman–Crippen LogP) is 4.05. The number of benzene rings is 1. The van der Waals surface area contributed by atoms with Gasteiger partial charge in [0.05, 0.1) is 0 Å². The standard InChI is InChI=1S/C23H26N4O/c1-15-11-12-25-20(13-15)14-17(3)27(4)23(28)19-8-6-18(7-9-19)21-10-5-16(2)26-22(21)24/h5-13,17H,14H2,1-4H3,(H2,24,26)/t17-/m1/s1. The number of nitrogens with zero attached hydrogens (tertiary/aromatic N) is 3. The molecule has 0 saturated heterocycles. The van der Waals surface area contributed by atoms with E-state index >= 15 is 0 Å². The van der Waals surface area contributed by atoms with Gasteiger partial charge in [-0.15, -0.1) is 0 Å². The predicted molar refractivity (Wildman–Crippen MR) is 113 cm³/mol. The third kappa shape index (κ3) is 4.36. The molecule has 5 nitrogen and oxygen atoms in total. The van der Waals surface area contributed by atoms with Crippen molar-refractivity contribution >= 4 is 11.7 Å². The number of pyridine rings is 2. The van der Waals surface area contributed by atoms with Crippen molar-refractivity contribution in [1.29, 1.82) is 0 Å². The van der Waals surface area contributed by atoms with Crippen LogP contribution in [0.25, 0.3) is 11.1 Å². The minimum absolute atomic E-state index is 0.0123. The van der Waals surface area contributed by atoms with Crippen LogP contribution in [-0.2, 0) is 6.42 Å². The second-order valence-corrected chi connectivity index (χ2v) is 7.26. The van der Waals surface area contributed by atoms with Gasteiger partial charge in [-0.05, 0) is 68.3 Å². The number of aromatic nitrogens is 2. The Labute approximate surface area is 166 Å². The Kier molecular flexibility index (Phi) is 5.73. The molecule has 2 aromatic heterocycles. The molecule has 1 aromatic carbocycles. The van der Waals surface area contributed by atoms with Crippen LogP contribution in [-0.4, -0.2) is 33.9 Å². The molecule has 0 unspecified atom stereocenters. The molecule has 3 aromatic rings. The molecule has 28 heavy (non-hydrogen) atoms. The lowest BCUT2D eigenvalue weighted by atomic mass is 10.0. The van der Waals surface area contributed by atoms with E-state index in [0.717, 1.165) is 22.5 Å². The molecule has 0 bridgehead atoms. The van der Waals surface area contributed by atoms with Crippen molar-refractivity contribution in [2.75, 3.05) is 12.8 Å². The van der Waals surface area contributed by atoms with Crippen molar-refractivity contribution in [3.63, 3.8) is 0 Å². The van der Waals surface area contributed by atoms with E-state index in [2.05, 4.69) is 16.0 Å². The molecule has 0 saturated carbocycles. The molecule has 2 N–H and O–H groups in total. The van der Waals surface area contributed by atoms with E-state index < -0.39 is 0 Å². The number of nitrogen functional groups attached to an aromatic ring is 1. The van der Waals surface area contributed by atoms with Gasteiger partial charge in [0.25, 0.3) is 5.91 Å². The molecule has 0 aliphatic rings. The lowest BCUT2D eigenvalue weighted by Crippen LogP contribution is -2.36. The van der Waals surface area contributed by atoms with E-state index in [-0.39, 0.29) is 11.9 Å². The van der Waals surface area contributed by atoms with Gasteiger partial charge in [-0.25, -0.2) is 4.98 Å². The number of anilines is 1. The number of hydrogen-bond donors (Lipinski definition) is 1. The van der Waals surface area contributed by atoms with Crippen LogP contribution in [0.3, 0.4) is 0 Å². The first kappa shape index (κ1) is 19.5. The van der Waals surface area contributed by atoms with Crippen LogP contribution < -0.4 is 5.73 Å². The number of carbonyl (C=O) groups is 1. The molecular formula is C23H26N4O. The molecule has 2 heterocycles. The van der Waals surface area contributed by atoms with Crippen LogP contribution in [0, 0.1) is 13.8 Å². The Morgan fingerprint density at radius 2 is 1.82 bits per heavy atom. The summed E-state index contributed by atoms with van der Waals surface area (Å²) in [4.78, 5) is 23.3. The van der Waals surface area contributed by atoms with Gasteiger partial charge in [0.15, 0.2) is 0 Å². The normalized spacial score (nSPS) is 11.9. The van der Waals surface area contributed by atoms with Crippen LogP contribution >= 0.6 is 0 Å². The van der Waals surface area contributed by atoms with Crippen molar-refractivity contribution in [2.24, 2.45) is 0 Å². The molecule has 0 fully saturated rings. The van der Waals surface area contributed by atoms with Crippen LogP contribution in [0.5, 0.6) is 0 Å². The number of likely N-dealkylation sites (N-methyl/N-ethyl adjacent to an activating group) is 1. The molecule has 1 atom stereocenters. The first-order valence-corrected chi connectivity index (χ1v) is 9.37. The van der Waals surface area contributed by atoms with Gasteiger partial charge in [0.2, 0.25) is 0 Å². The first-order chi connectivity index (χ1) is 13.3. The number of rotatable bonds is 5. The molecular weight excluding hydrogens is 348 g/mol. The highest BCUT2D eigenvalue weighted by Gasteiger charge is 2.18. The maximum absolute atomic E-state index is 12.9. The summed E-state index contributed by atoms with van der Waals surface area (Å²) in [7, 11) is 1.83. The molecule has 1 amide bonds. The zero-order valence-electron chi connectivity index (χ0n) is 16.8. The second kappa shape index (κ2) is 8.21. The quantitative estimate of drug-likeness (QED) is 0.731. The van der Waals surface area contributed by atoms with Crippen molar-refractivity contribution in [2.45, 2.75) is 33.2 Å². The van der Waals surface area contributed by atoms with Crippen LogP contribution in [0.4, 0.5) is 5.82 Å². The topological polar surface area (TPSA) is 72.1 Å². The molecule has 0 radical (unpaired) electrons. The average molecular weight is 374 g/mol. The van der Waals surface area contributed by atoms with Crippen molar-refractivity contribution in [1.82, 2.24) is 14.9 Å². The summed E-state index contributed by atoms with van der Waals surface area (Å²) in [6.45, 7) is 5.99. The molecule has 0 aliphatic heterocycles. The zero-order chi connectivity index (χ0) is 20.3. The van der Waals surface area contributed by atoms with Crippen LogP contribution in [0.2, 0.25) is 0 Å². The van der Waals surface area contributed by atoms with E-state index in [1.807, 2.05) is 76.5 Å².